The van der Waals surface area contributed by atoms with Crippen LogP contribution in [-0.2, 0) is 33.8 Å². The van der Waals surface area contributed by atoms with E-state index in [0.29, 0.717) is 11.5 Å². The number of sulfonamides is 1. The summed E-state index contributed by atoms with van der Waals surface area (Å²) >= 11 is 13.8. The molecule has 65 heavy (non-hydrogen) atoms. The van der Waals surface area contributed by atoms with E-state index in [0.717, 1.165) is 41.3 Å². The van der Waals surface area contributed by atoms with Gasteiger partial charge < -0.3 is 53.4 Å². The van der Waals surface area contributed by atoms with Gasteiger partial charge in [-0.2, -0.15) is 0 Å². The monoisotopic (exact) mass is 1090 g/mol. The molecular weight excluding hydrogens is 1050 g/mol. The van der Waals surface area contributed by atoms with E-state index in [2.05, 4.69) is 33.7 Å². The predicted octanol–water partition coefficient (Wildman–Crippen LogP) is 4.91. The van der Waals surface area contributed by atoms with Crippen molar-refractivity contribution in [2.45, 2.75) is 21.6 Å². The Kier molecular flexibility index (Phi) is 29.8. The van der Waals surface area contributed by atoms with Crippen molar-refractivity contribution in [3.8, 4) is 57.5 Å². The fourth-order valence-electron chi connectivity index (χ4n) is 4.03. The number of nitrogens with two attached hydrogens (primary N) is 1. The molecule has 0 bridgehead atoms. The molecule has 5 aromatic carbocycles. The first-order valence-corrected chi connectivity index (χ1v) is 26.4. The Morgan fingerprint density at radius 1 is 0.538 bits per heavy atom. The minimum atomic E-state index is -4.50. The van der Waals surface area contributed by atoms with E-state index in [1.54, 1.807) is 27.2 Å². The minimum absolute atomic E-state index is 0. The van der Waals surface area contributed by atoms with Crippen LogP contribution in [0.5, 0.6) is 57.5 Å². The molecule has 0 saturated carbocycles. The van der Waals surface area contributed by atoms with Crippen LogP contribution in [-0.4, -0.2) is 92.9 Å². The normalized spacial score (nSPS) is 10.5. The van der Waals surface area contributed by atoms with Gasteiger partial charge in [0.1, 0.15) is 77.4 Å². The zero-order chi connectivity index (χ0) is 49.6. The molecular formula is C37H43Cl4KNO18PS3. The Bertz CT molecular complexity index is 2550. The number of rotatable bonds is 9. The molecule has 0 aromatic heterocycles. The van der Waals surface area contributed by atoms with Crippen molar-refractivity contribution in [2.75, 3.05) is 42.7 Å². The summed E-state index contributed by atoms with van der Waals surface area (Å²) in [6, 6.07) is 23.2. The van der Waals surface area contributed by atoms with E-state index >= 15 is 0 Å². The molecule has 6 N–H and O–H groups in total. The molecule has 0 fully saturated rings. The number of methoxy groups -OCH3 is 6. The Balaban J connectivity index is 0. The Morgan fingerprint density at radius 2 is 0.892 bits per heavy atom. The summed E-state index contributed by atoms with van der Waals surface area (Å²) < 4.78 is 115. The van der Waals surface area contributed by atoms with Gasteiger partial charge in [0.25, 0.3) is 9.05 Å². The number of aryl methyl sites for hydroxylation is 1. The molecule has 0 aliphatic rings. The molecule has 0 atom stereocenters. The summed E-state index contributed by atoms with van der Waals surface area (Å²) in [5.74, 6) is 2.17. The summed E-state index contributed by atoms with van der Waals surface area (Å²) in [6.07, 6.45) is 0. The van der Waals surface area contributed by atoms with Gasteiger partial charge in [-0.05, 0) is 101 Å². The molecule has 0 amide bonds. The van der Waals surface area contributed by atoms with Crippen LogP contribution in [0.2, 0.25) is 0 Å². The Hall–Kier alpha value is -3.10. The Morgan fingerprint density at radius 3 is 1.22 bits per heavy atom. The number of phenolic OH excluding ortho intramolecular Hbond substituents is 4. The maximum atomic E-state index is 11.1. The maximum absolute atomic E-state index is 11.1. The quantitative estimate of drug-likeness (QED) is 0.0567. The number of hydrogen-bond donors (Lipinski definition) is 5. The second-order valence-electron chi connectivity index (χ2n) is 11.4. The van der Waals surface area contributed by atoms with Crippen LogP contribution in [0.25, 0.3) is 0 Å². The molecule has 0 saturated heterocycles. The first-order valence-electron chi connectivity index (χ1n) is 16.7. The molecule has 5 rings (SSSR count). The molecule has 0 aliphatic heterocycles. The molecule has 0 radical (unpaired) electrons. The molecule has 28 heteroatoms. The summed E-state index contributed by atoms with van der Waals surface area (Å²) in [7, 11) is 1.81. The van der Waals surface area contributed by atoms with Gasteiger partial charge in [0, 0.05) is 41.0 Å². The van der Waals surface area contributed by atoms with E-state index in [4.69, 9.17) is 64.7 Å². The molecule has 0 unspecified atom stereocenters. The van der Waals surface area contributed by atoms with E-state index in [-0.39, 0.29) is 89.9 Å². The molecule has 5 aromatic rings. The van der Waals surface area contributed by atoms with Gasteiger partial charge >= 0.3 is 56.6 Å². The largest absolute Gasteiger partial charge is 1.00 e. The van der Waals surface area contributed by atoms with E-state index in [1.165, 1.54) is 70.9 Å². The first-order chi connectivity index (χ1) is 29.4. The third kappa shape index (κ3) is 26.7. The summed E-state index contributed by atoms with van der Waals surface area (Å²) in [4.78, 5) is -0.858. The van der Waals surface area contributed by atoms with Crippen LogP contribution in [0.3, 0.4) is 0 Å². The van der Waals surface area contributed by atoms with E-state index < -0.39 is 45.0 Å². The molecule has 0 spiro atoms. The van der Waals surface area contributed by atoms with E-state index in [9.17, 15) is 34.4 Å². The average Bonchev–Trinajstić information content (AvgIpc) is 3.20. The standard InChI is InChI=1S/C8H9ClO4S.C8H10O5S.C8H10O2.C7H8O2.C6H7NO4S.Cl3OP.K/c2*1-12-6-3-4-8(14(9,10)11)7(5-6)13-2;1-9-7-4-3-5-8(6-7)10-2;1-5-2-3-6(8)4-7(5)9;7-12(10,11)6-2-1-4(8)3-5(6)9;1-5(2,3)4;/h3-5H,1-2H3;3-5H,1-2H3,(H,9,10,11);3-6H,1-2H3;2-4,8-9H,1H3;1-3,8-9H,(H2,7,10,11);;/q;;;;;;+1/p-1. The molecule has 19 nitrogen and oxygen atoms in total. The van der Waals surface area contributed by atoms with Crippen LogP contribution in [0, 0.1) is 6.92 Å². The fraction of sp³-hybridized carbons (Fsp3) is 0.189. The maximum Gasteiger partial charge on any atom is 1.00 e. The van der Waals surface area contributed by atoms with Crippen LogP contribution < -0.4 is 84.9 Å². The van der Waals surface area contributed by atoms with Gasteiger partial charge in [-0.25, -0.2) is 30.4 Å². The topological polar surface area (TPSA) is 305 Å². The summed E-state index contributed by atoms with van der Waals surface area (Å²) in [6.45, 7) is 1.77. The van der Waals surface area contributed by atoms with Crippen molar-refractivity contribution in [1.29, 1.82) is 0 Å². The SMILES string of the molecule is COc1ccc(S(=O)(=O)Cl)c(OC)c1.COc1ccc(S(=O)(=O)[O-])c(OC)c1.COc1cccc(OC)c1.Cc1ccc(O)cc1O.NS(=O)(=O)c1ccc(O)cc1O.O=P(Cl)(Cl)Cl.[K+]. The zero-order valence-electron chi connectivity index (χ0n) is 35.5. The van der Waals surface area contributed by atoms with Gasteiger partial charge in [-0.15, -0.1) is 0 Å². The van der Waals surface area contributed by atoms with Crippen molar-refractivity contribution in [1.82, 2.24) is 0 Å². The summed E-state index contributed by atoms with van der Waals surface area (Å²) in [5.41, 5.74) is 0.771. The van der Waals surface area contributed by atoms with Crippen molar-refractivity contribution in [2.24, 2.45) is 5.14 Å². The van der Waals surface area contributed by atoms with Crippen LogP contribution >= 0.6 is 49.6 Å². The van der Waals surface area contributed by atoms with Gasteiger partial charge in [0.05, 0.1) is 47.6 Å². The number of phenols is 4. The zero-order valence-corrected chi connectivity index (χ0v) is 45.0. The van der Waals surface area contributed by atoms with Crippen molar-refractivity contribution in [3.05, 3.63) is 103 Å². The van der Waals surface area contributed by atoms with Crippen LogP contribution in [0.1, 0.15) is 5.56 Å². The van der Waals surface area contributed by atoms with Crippen LogP contribution in [0.4, 0.5) is 0 Å². The number of benzene rings is 5. The van der Waals surface area contributed by atoms with Gasteiger partial charge in [-0.1, -0.05) is 12.1 Å². The van der Waals surface area contributed by atoms with Gasteiger partial charge in [0.2, 0.25) is 10.0 Å². The summed E-state index contributed by atoms with van der Waals surface area (Å²) in [5, 5.41) is 37.0. The predicted molar refractivity (Wildman–Crippen MR) is 240 cm³/mol. The van der Waals surface area contributed by atoms with Crippen LogP contribution in [0.15, 0.2) is 112 Å². The molecule has 0 aliphatic carbocycles. The van der Waals surface area contributed by atoms with Gasteiger partial charge in [-0.3, -0.25) is 4.57 Å². The number of aromatic hydroxyl groups is 4. The Labute approximate surface area is 438 Å². The smallest absolute Gasteiger partial charge is 0.744 e. The average molecular weight is 1100 g/mol. The third-order valence-corrected chi connectivity index (χ3v) is 10.2. The molecule has 0 heterocycles. The number of ether oxygens (including phenoxy) is 6. The second-order valence-corrected chi connectivity index (χ2v) is 23.4. The molecule has 356 valence electrons. The van der Waals surface area contributed by atoms with Crippen molar-refractivity contribution < 1.29 is 135 Å². The number of primary sulfonamides is 1. The number of hydrogen-bond acceptors (Lipinski definition) is 18. The van der Waals surface area contributed by atoms with E-state index in [1.807, 2.05) is 24.3 Å². The third-order valence-electron chi connectivity index (χ3n) is 6.99. The first kappa shape index (κ1) is 64.0. The van der Waals surface area contributed by atoms with Crippen molar-refractivity contribution in [3.63, 3.8) is 0 Å². The number of halogens is 4. The second kappa shape index (κ2) is 30.3. The fourth-order valence-corrected chi connectivity index (χ4v) is 6.26. The van der Waals surface area contributed by atoms with Gasteiger partial charge in [0.15, 0.2) is 0 Å². The minimum Gasteiger partial charge on any atom is -0.744 e. The van der Waals surface area contributed by atoms with Crippen molar-refractivity contribution >= 4 is 78.8 Å².